The zero-order valence-corrected chi connectivity index (χ0v) is 12.2. The van der Waals surface area contributed by atoms with Crippen LogP contribution in [0.15, 0.2) is 60.7 Å². The predicted octanol–water partition coefficient (Wildman–Crippen LogP) is 2.64. The largest absolute Gasteiger partial charge is 0.489 e. The first kappa shape index (κ1) is 15.6. The van der Waals surface area contributed by atoms with E-state index in [1.807, 2.05) is 24.3 Å². The van der Waals surface area contributed by atoms with Gasteiger partial charge in [-0.25, -0.2) is 0 Å². The van der Waals surface area contributed by atoms with Gasteiger partial charge < -0.3 is 14.8 Å². The number of para-hydroxylation sites is 2. The van der Waals surface area contributed by atoms with E-state index in [1.54, 1.807) is 36.4 Å². The molecule has 0 fully saturated rings. The van der Waals surface area contributed by atoms with Gasteiger partial charge in [-0.1, -0.05) is 36.4 Å². The summed E-state index contributed by atoms with van der Waals surface area (Å²) in [7, 11) is 0. The molecule has 114 valence electrons. The van der Waals surface area contributed by atoms with Gasteiger partial charge in [0.25, 0.3) is 5.91 Å². The maximum atomic E-state index is 12.2. The molecule has 0 spiro atoms. The zero-order valence-electron chi connectivity index (χ0n) is 12.2. The van der Waals surface area contributed by atoms with Crippen molar-refractivity contribution >= 4 is 17.6 Å². The van der Waals surface area contributed by atoms with Gasteiger partial charge in [-0.2, -0.15) is 0 Å². The van der Waals surface area contributed by atoms with Crippen LogP contribution in [0.25, 0.3) is 0 Å². The van der Waals surface area contributed by atoms with Crippen molar-refractivity contribution in [3.05, 3.63) is 60.7 Å². The van der Waals surface area contributed by atoms with Crippen LogP contribution in [0.3, 0.4) is 0 Å². The number of anilines is 1. The van der Waals surface area contributed by atoms with Crippen molar-refractivity contribution in [1.82, 2.24) is 0 Å². The second-order valence-corrected chi connectivity index (χ2v) is 4.58. The van der Waals surface area contributed by atoms with Gasteiger partial charge in [-0.15, -0.1) is 0 Å². The van der Waals surface area contributed by atoms with Gasteiger partial charge in [0.15, 0.2) is 0 Å². The van der Waals surface area contributed by atoms with Crippen LogP contribution >= 0.6 is 0 Å². The third-order valence-electron chi connectivity index (χ3n) is 2.79. The number of carbonyl (C=O) groups excluding carboxylic acids is 2. The fourth-order valence-electron chi connectivity index (χ4n) is 1.80. The fraction of sp³-hybridized carbons (Fsp3) is 0.176. The van der Waals surface area contributed by atoms with Crippen LogP contribution in [0.1, 0.15) is 6.92 Å². The highest BCUT2D eigenvalue weighted by atomic mass is 16.6. The van der Waals surface area contributed by atoms with Gasteiger partial charge >= 0.3 is 5.97 Å². The standard InChI is InChI=1S/C17H17NO4/c1-13(19)22-16(12-21-15-10-6-3-7-11-15)17(20)18-14-8-4-2-5-9-14/h2-11,16H,12H2,1H3,(H,18,20). The Morgan fingerprint density at radius 2 is 1.59 bits per heavy atom. The summed E-state index contributed by atoms with van der Waals surface area (Å²) in [6.45, 7) is 1.20. The molecule has 1 amide bonds. The lowest BCUT2D eigenvalue weighted by molar-refractivity contribution is -0.153. The summed E-state index contributed by atoms with van der Waals surface area (Å²) in [5.74, 6) is -0.366. The molecule has 5 heteroatoms. The number of ether oxygens (including phenoxy) is 2. The molecule has 0 aliphatic heterocycles. The summed E-state index contributed by atoms with van der Waals surface area (Å²) in [6.07, 6.45) is -1.02. The number of hydrogen-bond donors (Lipinski definition) is 1. The number of benzene rings is 2. The first-order valence-corrected chi connectivity index (χ1v) is 6.86. The molecule has 2 aromatic rings. The molecule has 0 radical (unpaired) electrons. The van der Waals surface area contributed by atoms with E-state index in [4.69, 9.17) is 9.47 Å². The summed E-state index contributed by atoms with van der Waals surface area (Å²) in [5.41, 5.74) is 0.629. The van der Waals surface area contributed by atoms with Gasteiger partial charge in [0.05, 0.1) is 0 Å². The van der Waals surface area contributed by atoms with Crippen molar-refractivity contribution in [1.29, 1.82) is 0 Å². The van der Waals surface area contributed by atoms with Crippen LogP contribution in [0.4, 0.5) is 5.69 Å². The Balaban J connectivity index is 1.98. The van der Waals surface area contributed by atoms with Crippen LogP contribution in [0, 0.1) is 0 Å². The van der Waals surface area contributed by atoms with E-state index in [-0.39, 0.29) is 6.61 Å². The molecule has 0 saturated heterocycles. The normalized spacial score (nSPS) is 11.3. The van der Waals surface area contributed by atoms with Crippen LogP contribution in [0.2, 0.25) is 0 Å². The maximum Gasteiger partial charge on any atom is 0.303 e. The minimum atomic E-state index is -1.02. The third-order valence-corrected chi connectivity index (χ3v) is 2.79. The highest BCUT2D eigenvalue weighted by molar-refractivity contribution is 5.95. The maximum absolute atomic E-state index is 12.2. The van der Waals surface area contributed by atoms with Crippen molar-refractivity contribution in [3.63, 3.8) is 0 Å². The Bertz CT molecular complexity index is 613. The van der Waals surface area contributed by atoms with E-state index in [0.29, 0.717) is 11.4 Å². The lowest BCUT2D eigenvalue weighted by Gasteiger charge is -2.17. The zero-order chi connectivity index (χ0) is 15.8. The Morgan fingerprint density at radius 3 is 2.18 bits per heavy atom. The number of nitrogens with one attached hydrogen (secondary N) is 1. The minimum absolute atomic E-state index is 0.0533. The Labute approximate surface area is 128 Å². The molecule has 1 N–H and O–H groups in total. The monoisotopic (exact) mass is 299 g/mol. The topological polar surface area (TPSA) is 64.6 Å². The van der Waals surface area contributed by atoms with Crippen LogP contribution in [-0.4, -0.2) is 24.6 Å². The molecule has 22 heavy (non-hydrogen) atoms. The summed E-state index contributed by atoms with van der Waals surface area (Å²) >= 11 is 0. The number of amides is 1. The molecule has 0 aliphatic carbocycles. The molecule has 5 nitrogen and oxygen atoms in total. The van der Waals surface area contributed by atoms with E-state index in [2.05, 4.69) is 5.32 Å². The molecule has 0 bridgehead atoms. The number of carbonyl (C=O) groups is 2. The highest BCUT2D eigenvalue weighted by Gasteiger charge is 2.22. The van der Waals surface area contributed by atoms with Gasteiger partial charge in [-0.3, -0.25) is 9.59 Å². The average molecular weight is 299 g/mol. The van der Waals surface area contributed by atoms with E-state index >= 15 is 0 Å². The van der Waals surface area contributed by atoms with Crippen molar-refractivity contribution in [3.8, 4) is 5.75 Å². The highest BCUT2D eigenvalue weighted by Crippen LogP contribution is 2.11. The Kier molecular flexibility index (Phi) is 5.54. The lowest BCUT2D eigenvalue weighted by atomic mass is 10.3. The molecule has 0 saturated carbocycles. The molecule has 0 aromatic heterocycles. The number of esters is 1. The van der Waals surface area contributed by atoms with Gasteiger partial charge in [0.2, 0.25) is 6.10 Å². The molecule has 0 heterocycles. The molecular formula is C17H17NO4. The average Bonchev–Trinajstić information content (AvgIpc) is 2.53. The van der Waals surface area contributed by atoms with Crippen molar-refractivity contribution < 1.29 is 19.1 Å². The summed E-state index contributed by atoms with van der Waals surface area (Å²) in [4.78, 5) is 23.4. The number of rotatable bonds is 6. The molecule has 2 rings (SSSR count). The smallest absolute Gasteiger partial charge is 0.303 e. The van der Waals surface area contributed by atoms with Gasteiger partial charge in [0, 0.05) is 12.6 Å². The molecular weight excluding hydrogens is 282 g/mol. The predicted molar refractivity (Wildman–Crippen MR) is 82.6 cm³/mol. The fourth-order valence-corrected chi connectivity index (χ4v) is 1.80. The van der Waals surface area contributed by atoms with Crippen molar-refractivity contribution in [2.24, 2.45) is 0 Å². The molecule has 1 atom stereocenters. The number of hydrogen-bond acceptors (Lipinski definition) is 4. The molecule has 1 unspecified atom stereocenters. The Hall–Kier alpha value is -2.82. The lowest BCUT2D eigenvalue weighted by Crippen LogP contribution is -2.36. The van der Waals surface area contributed by atoms with Crippen molar-refractivity contribution in [2.45, 2.75) is 13.0 Å². The third kappa shape index (κ3) is 4.94. The first-order chi connectivity index (χ1) is 10.6. The molecule has 0 aliphatic rings. The van der Waals surface area contributed by atoms with E-state index in [9.17, 15) is 9.59 Å². The van der Waals surface area contributed by atoms with Crippen molar-refractivity contribution in [2.75, 3.05) is 11.9 Å². The van der Waals surface area contributed by atoms with E-state index < -0.39 is 18.0 Å². The van der Waals surface area contributed by atoms with E-state index in [1.165, 1.54) is 6.92 Å². The molecule has 2 aromatic carbocycles. The SMILES string of the molecule is CC(=O)OC(COc1ccccc1)C(=O)Nc1ccccc1. The summed E-state index contributed by atoms with van der Waals surface area (Å²) < 4.78 is 10.5. The second-order valence-electron chi connectivity index (χ2n) is 4.58. The van der Waals surface area contributed by atoms with Gasteiger partial charge in [0.1, 0.15) is 12.4 Å². The van der Waals surface area contributed by atoms with Crippen LogP contribution < -0.4 is 10.1 Å². The summed E-state index contributed by atoms with van der Waals surface area (Å²) in [6, 6.07) is 18.0. The minimum Gasteiger partial charge on any atom is -0.489 e. The second kappa shape index (κ2) is 7.83. The quantitative estimate of drug-likeness (QED) is 0.833. The summed E-state index contributed by atoms with van der Waals surface area (Å²) in [5, 5.41) is 2.69. The van der Waals surface area contributed by atoms with Crippen LogP contribution in [0.5, 0.6) is 5.75 Å². The van der Waals surface area contributed by atoms with Gasteiger partial charge in [-0.05, 0) is 24.3 Å². The van der Waals surface area contributed by atoms with Crippen LogP contribution in [-0.2, 0) is 14.3 Å². The first-order valence-electron chi connectivity index (χ1n) is 6.86. The Morgan fingerprint density at radius 1 is 1.00 bits per heavy atom. The van der Waals surface area contributed by atoms with E-state index in [0.717, 1.165) is 0 Å².